The minimum atomic E-state index is -0.382. The van der Waals surface area contributed by atoms with Crippen molar-refractivity contribution in [3.05, 3.63) is 53.6 Å². The van der Waals surface area contributed by atoms with Crippen LogP contribution in [0.25, 0.3) is 5.57 Å². The number of allylic oxidation sites excluding steroid dienone is 2. The average molecular weight is 215 g/mol. The second-order valence-corrected chi connectivity index (χ2v) is 4.19. The van der Waals surface area contributed by atoms with Gasteiger partial charge in [-0.05, 0) is 23.6 Å². The number of rotatable bonds is 2. The molecule has 84 valence electrons. The molecule has 2 rings (SSSR count). The maximum Gasteiger partial charge on any atom is 0.0896 e. The summed E-state index contributed by atoms with van der Waals surface area (Å²) < 4.78 is 0. The van der Waals surface area contributed by atoms with Crippen molar-refractivity contribution >= 4 is 5.57 Å². The summed E-state index contributed by atoms with van der Waals surface area (Å²) in [5, 5.41) is 13.1. The zero-order chi connectivity index (χ0) is 11.5. The zero-order valence-corrected chi connectivity index (χ0v) is 9.53. The maximum absolute atomic E-state index is 9.91. The lowest BCUT2D eigenvalue weighted by Gasteiger charge is -2.14. The third-order valence-corrected chi connectivity index (χ3v) is 2.87. The molecular weight excluding hydrogens is 198 g/mol. The van der Waals surface area contributed by atoms with Crippen LogP contribution in [-0.2, 0) is 0 Å². The first-order chi connectivity index (χ1) is 7.70. The van der Waals surface area contributed by atoms with Gasteiger partial charge in [-0.15, -0.1) is 0 Å². The number of hydrogen-bond acceptors (Lipinski definition) is 2. The third kappa shape index (κ3) is 2.08. The van der Waals surface area contributed by atoms with Gasteiger partial charge in [-0.2, -0.15) is 0 Å². The quantitative estimate of drug-likeness (QED) is 0.790. The van der Waals surface area contributed by atoms with Gasteiger partial charge in [-0.25, -0.2) is 0 Å². The van der Waals surface area contributed by atoms with E-state index in [9.17, 15) is 5.11 Å². The van der Waals surface area contributed by atoms with E-state index >= 15 is 0 Å². The molecule has 1 aromatic carbocycles. The first-order valence-electron chi connectivity index (χ1n) is 5.53. The van der Waals surface area contributed by atoms with Crippen LogP contribution in [0.2, 0.25) is 0 Å². The minimum Gasteiger partial charge on any atom is -0.387 e. The molecule has 0 saturated carbocycles. The van der Waals surface area contributed by atoms with E-state index in [-0.39, 0.29) is 6.10 Å². The van der Waals surface area contributed by atoms with Crippen molar-refractivity contribution in [2.75, 3.05) is 13.1 Å². The predicted octanol–water partition coefficient (Wildman–Crippen LogP) is 1.98. The van der Waals surface area contributed by atoms with Crippen molar-refractivity contribution in [1.29, 1.82) is 0 Å². The van der Waals surface area contributed by atoms with Crippen LogP contribution in [0, 0.1) is 0 Å². The summed E-state index contributed by atoms with van der Waals surface area (Å²) in [6, 6.07) is 10.1. The van der Waals surface area contributed by atoms with E-state index in [1.165, 1.54) is 0 Å². The molecule has 2 N–H and O–H groups in total. The lowest BCUT2D eigenvalue weighted by atomic mass is 9.93. The lowest BCUT2D eigenvalue weighted by Crippen LogP contribution is -2.12. The van der Waals surface area contributed by atoms with E-state index in [0.29, 0.717) is 6.54 Å². The highest BCUT2D eigenvalue weighted by atomic mass is 16.3. The monoisotopic (exact) mass is 215 g/mol. The molecule has 1 aliphatic heterocycles. The zero-order valence-electron chi connectivity index (χ0n) is 9.53. The van der Waals surface area contributed by atoms with E-state index < -0.39 is 0 Å². The second-order valence-electron chi connectivity index (χ2n) is 4.19. The molecule has 0 radical (unpaired) electrons. The molecule has 0 spiro atoms. The molecule has 1 aromatic rings. The molecule has 0 aromatic heterocycles. The van der Waals surface area contributed by atoms with Crippen LogP contribution >= 0.6 is 0 Å². The van der Waals surface area contributed by atoms with E-state index in [4.69, 9.17) is 0 Å². The van der Waals surface area contributed by atoms with Crippen LogP contribution in [0.1, 0.15) is 12.5 Å². The van der Waals surface area contributed by atoms with Crippen LogP contribution in [0.15, 0.2) is 48.1 Å². The maximum atomic E-state index is 9.91. The standard InChI is InChI=1S/C14H17NO/c1-10(2)14(11-6-4-3-5-7-11)12-8-15-9-13(12)16/h3-7,13,15-16H,1,8-9H2,2H3/b14-12-. The molecule has 1 saturated heterocycles. The van der Waals surface area contributed by atoms with Crippen molar-refractivity contribution < 1.29 is 5.11 Å². The molecule has 1 fully saturated rings. The number of hydrogen-bond donors (Lipinski definition) is 2. The molecular formula is C14H17NO. The molecule has 16 heavy (non-hydrogen) atoms. The lowest BCUT2D eigenvalue weighted by molar-refractivity contribution is 0.230. The molecule has 2 heteroatoms. The summed E-state index contributed by atoms with van der Waals surface area (Å²) in [4.78, 5) is 0. The van der Waals surface area contributed by atoms with Crippen molar-refractivity contribution in [1.82, 2.24) is 5.32 Å². The number of aliphatic hydroxyl groups excluding tert-OH is 1. The largest absolute Gasteiger partial charge is 0.387 e. The molecule has 0 bridgehead atoms. The first-order valence-corrected chi connectivity index (χ1v) is 5.53. The fourth-order valence-corrected chi connectivity index (χ4v) is 2.15. The predicted molar refractivity (Wildman–Crippen MR) is 67.1 cm³/mol. The topological polar surface area (TPSA) is 32.3 Å². The van der Waals surface area contributed by atoms with Gasteiger partial charge in [0.2, 0.25) is 0 Å². The summed E-state index contributed by atoms with van der Waals surface area (Å²) in [6.07, 6.45) is -0.382. The van der Waals surface area contributed by atoms with E-state index in [1.807, 2.05) is 25.1 Å². The molecule has 1 aliphatic rings. The Bertz CT molecular complexity index is 420. The molecule has 1 atom stereocenters. The highest BCUT2D eigenvalue weighted by Crippen LogP contribution is 2.28. The fourth-order valence-electron chi connectivity index (χ4n) is 2.15. The number of aliphatic hydroxyl groups is 1. The molecule has 0 aliphatic carbocycles. The summed E-state index contributed by atoms with van der Waals surface area (Å²) >= 11 is 0. The molecule has 2 nitrogen and oxygen atoms in total. The minimum absolute atomic E-state index is 0.382. The Morgan fingerprint density at radius 3 is 2.56 bits per heavy atom. The first kappa shape index (κ1) is 11.1. The fraction of sp³-hybridized carbons (Fsp3) is 0.286. The van der Waals surface area contributed by atoms with Gasteiger partial charge in [-0.3, -0.25) is 0 Å². The van der Waals surface area contributed by atoms with Gasteiger partial charge >= 0.3 is 0 Å². The average Bonchev–Trinajstić information content (AvgIpc) is 2.66. The number of benzene rings is 1. The van der Waals surface area contributed by atoms with E-state index in [2.05, 4.69) is 24.0 Å². The van der Waals surface area contributed by atoms with Gasteiger partial charge in [-0.1, -0.05) is 42.5 Å². The Labute approximate surface area is 96.3 Å². The van der Waals surface area contributed by atoms with E-state index in [0.717, 1.165) is 28.8 Å². The Morgan fingerprint density at radius 1 is 1.38 bits per heavy atom. The summed E-state index contributed by atoms with van der Waals surface area (Å²) in [7, 11) is 0. The van der Waals surface area contributed by atoms with Crippen LogP contribution < -0.4 is 5.32 Å². The normalized spacial score (nSPS) is 23.2. The van der Waals surface area contributed by atoms with Crippen LogP contribution in [0.3, 0.4) is 0 Å². The number of β-amino-alcohol motifs (C(OH)–C–C–N with tert-alkyl or cyclic N) is 1. The molecule has 0 amide bonds. The smallest absolute Gasteiger partial charge is 0.0896 e. The van der Waals surface area contributed by atoms with Gasteiger partial charge in [0.1, 0.15) is 0 Å². The van der Waals surface area contributed by atoms with Crippen molar-refractivity contribution in [2.24, 2.45) is 0 Å². The highest BCUT2D eigenvalue weighted by molar-refractivity contribution is 5.81. The van der Waals surface area contributed by atoms with Gasteiger partial charge in [0.15, 0.2) is 0 Å². The third-order valence-electron chi connectivity index (χ3n) is 2.87. The summed E-state index contributed by atoms with van der Waals surface area (Å²) in [5.41, 5.74) is 4.29. The van der Waals surface area contributed by atoms with Crippen LogP contribution in [0.5, 0.6) is 0 Å². The van der Waals surface area contributed by atoms with Crippen molar-refractivity contribution in [2.45, 2.75) is 13.0 Å². The van der Waals surface area contributed by atoms with Crippen LogP contribution in [0.4, 0.5) is 0 Å². The summed E-state index contributed by atoms with van der Waals surface area (Å²) in [5.74, 6) is 0. The number of nitrogens with one attached hydrogen (secondary N) is 1. The molecule has 1 unspecified atom stereocenters. The molecule has 1 heterocycles. The van der Waals surface area contributed by atoms with Gasteiger partial charge < -0.3 is 10.4 Å². The van der Waals surface area contributed by atoms with Gasteiger partial charge in [0, 0.05) is 13.1 Å². The van der Waals surface area contributed by atoms with E-state index in [1.54, 1.807) is 0 Å². The van der Waals surface area contributed by atoms with Crippen molar-refractivity contribution in [3.63, 3.8) is 0 Å². The highest BCUT2D eigenvalue weighted by Gasteiger charge is 2.22. The van der Waals surface area contributed by atoms with Gasteiger partial charge in [0.05, 0.1) is 6.10 Å². The van der Waals surface area contributed by atoms with Crippen molar-refractivity contribution in [3.8, 4) is 0 Å². The van der Waals surface area contributed by atoms with Crippen LogP contribution in [-0.4, -0.2) is 24.3 Å². The summed E-state index contributed by atoms with van der Waals surface area (Å²) in [6.45, 7) is 7.39. The van der Waals surface area contributed by atoms with Gasteiger partial charge in [0.25, 0.3) is 0 Å². The Morgan fingerprint density at radius 2 is 2.06 bits per heavy atom. The SMILES string of the molecule is C=C(C)/C(=C1\CNCC1O)c1ccccc1. The Kier molecular flexibility index (Phi) is 3.22. The Balaban J connectivity index is 2.50. The Hall–Kier alpha value is -1.38. The second kappa shape index (κ2) is 4.64.